The van der Waals surface area contributed by atoms with Crippen molar-refractivity contribution in [1.82, 2.24) is 4.98 Å². The van der Waals surface area contributed by atoms with Gasteiger partial charge in [0.1, 0.15) is 11.4 Å². The molecular weight excluding hydrogens is 524 g/mol. The third-order valence-electron chi connectivity index (χ3n) is 6.24. The van der Waals surface area contributed by atoms with Crippen LogP contribution in [0, 0.1) is 6.92 Å². The summed E-state index contributed by atoms with van der Waals surface area (Å²) >= 11 is 3.43. The number of aryl methyl sites for hydroxylation is 1. The second-order valence-corrected chi connectivity index (χ2v) is 9.61. The number of rotatable bonds is 7. The number of aromatic nitrogens is 1. The highest BCUT2D eigenvalue weighted by atomic mass is 79.9. The molecule has 8 heteroatoms. The average Bonchev–Trinajstić information content (AvgIpc) is 3.17. The molecule has 0 radical (unpaired) electrons. The van der Waals surface area contributed by atoms with Crippen molar-refractivity contribution in [2.24, 2.45) is 0 Å². The van der Waals surface area contributed by atoms with E-state index in [1.54, 1.807) is 31.5 Å². The number of halogens is 1. The SMILES string of the molecule is CCCCOc1ccc(C2c3c(oc4ccc(Br)cc4c3=O)C(=O)N2c2cc(C)ccn2)cc1OC. The molecule has 1 atom stereocenters. The maximum Gasteiger partial charge on any atom is 0.296 e. The van der Waals surface area contributed by atoms with Crippen molar-refractivity contribution in [2.45, 2.75) is 32.7 Å². The van der Waals surface area contributed by atoms with Crippen LogP contribution in [0.1, 0.15) is 53.1 Å². The molecule has 7 nitrogen and oxygen atoms in total. The first-order valence-corrected chi connectivity index (χ1v) is 12.6. The number of carbonyl (C=O) groups excluding carboxylic acids is 1. The lowest BCUT2D eigenvalue weighted by Crippen LogP contribution is -2.30. The lowest BCUT2D eigenvalue weighted by Gasteiger charge is -2.25. The fourth-order valence-corrected chi connectivity index (χ4v) is 4.81. The van der Waals surface area contributed by atoms with Crippen molar-refractivity contribution in [3.05, 3.63) is 91.9 Å². The van der Waals surface area contributed by atoms with Crippen LogP contribution in [0.5, 0.6) is 11.5 Å². The summed E-state index contributed by atoms with van der Waals surface area (Å²) in [5.41, 5.74) is 1.99. The molecule has 36 heavy (non-hydrogen) atoms. The molecule has 0 fully saturated rings. The van der Waals surface area contributed by atoms with Gasteiger partial charge in [-0.25, -0.2) is 4.98 Å². The standard InChI is InChI=1S/C28H25BrN2O5/c1-4-5-12-35-21-8-6-17(14-22(21)34-3)25-24-26(32)19-15-18(29)7-9-20(19)36-27(24)28(33)31(25)23-13-16(2)10-11-30-23/h6-11,13-15,25H,4-5,12H2,1-3H3. The number of benzene rings is 2. The van der Waals surface area contributed by atoms with E-state index >= 15 is 0 Å². The third-order valence-corrected chi connectivity index (χ3v) is 6.73. The van der Waals surface area contributed by atoms with Gasteiger partial charge in [0.05, 0.1) is 30.7 Å². The van der Waals surface area contributed by atoms with Crippen LogP contribution in [-0.4, -0.2) is 24.6 Å². The van der Waals surface area contributed by atoms with Gasteiger partial charge in [0.25, 0.3) is 5.91 Å². The molecular formula is C28H25BrN2O5. The minimum absolute atomic E-state index is 0.0189. The van der Waals surface area contributed by atoms with Gasteiger partial charge < -0.3 is 13.9 Å². The van der Waals surface area contributed by atoms with Gasteiger partial charge in [-0.3, -0.25) is 14.5 Å². The summed E-state index contributed by atoms with van der Waals surface area (Å²) in [6.45, 7) is 4.59. The van der Waals surface area contributed by atoms with Crippen LogP contribution in [0.25, 0.3) is 11.0 Å². The van der Waals surface area contributed by atoms with Crippen molar-refractivity contribution in [2.75, 3.05) is 18.6 Å². The fraction of sp³-hybridized carbons (Fsp3) is 0.250. The van der Waals surface area contributed by atoms with Crippen LogP contribution in [0.2, 0.25) is 0 Å². The van der Waals surface area contributed by atoms with E-state index in [1.807, 2.05) is 37.3 Å². The third kappa shape index (κ3) is 4.15. The van der Waals surface area contributed by atoms with Gasteiger partial charge in [-0.1, -0.05) is 35.3 Å². The Kier molecular flexibility index (Phi) is 6.53. The molecule has 184 valence electrons. The highest BCUT2D eigenvalue weighted by Crippen LogP contribution is 2.43. The molecule has 0 aliphatic carbocycles. The van der Waals surface area contributed by atoms with Crippen LogP contribution in [0.3, 0.4) is 0 Å². The Hall–Kier alpha value is -3.65. The quantitative estimate of drug-likeness (QED) is 0.256. The minimum atomic E-state index is -0.750. The molecule has 3 heterocycles. The van der Waals surface area contributed by atoms with Gasteiger partial charge in [-0.2, -0.15) is 0 Å². The Bertz CT molecular complexity index is 1530. The van der Waals surface area contributed by atoms with Gasteiger partial charge in [-0.05, 0) is 66.9 Å². The number of hydrogen-bond donors (Lipinski definition) is 0. The van der Waals surface area contributed by atoms with Crippen LogP contribution in [0.15, 0.2) is 68.4 Å². The number of fused-ring (bicyclic) bond motifs is 2. The maximum atomic E-state index is 13.8. The average molecular weight is 549 g/mol. The van der Waals surface area contributed by atoms with Gasteiger partial charge in [-0.15, -0.1) is 0 Å². The second kappa shape index (κ2) is 9.78. The van der Waals surface area contributed by atoms with E-state index in [4.69, 9.17) is 13.9 Å². The molecule has 0 saturated carbocycles. The monoisotopic (exact) mass is 548 g/mol. The van der Waals surface area contributed by atoms with Crippen LogP contribution in [-0.2, 0) is 0 Å². The molecule has 2 aromatic carbocycles. The molecule has 0 N–H and O–H groups in total. The second-order valence-electron chi connectivity index (χ2n) is 8.70. The normalized spacial score (nSPS) is 14.8. The Labute approximate surface area is 216 Å². The van der Waals surface area contributed by atoms with E-state index in [9.17, 15) is 9.59 Å². The van der Waals surface area contributed by atoms with Crippen molar-refractivity contribution < 1.29 is 18.7 Å². The lowest BCUT2D eigenvalue weighted by molar-refractivity contribution is 0.0970. The molecule has 2 aromatic heterocycles. The van der Waals surface area contributed by atoms with Crippen molar-refractivity contribution >= 4 is 38.6 Å². The van der Waals surface area contributed by atoms with Crippen molar-refractivity contribution in [3.8, 4) is 11.5 Å². The highest BCUT2D eigenvalue weighted by molar-refractivity contribution is 9.10. The molecule has 1 aliphatic heterocycles. The molecule has 4 aromatic rings. The number of pyridine rings is 1. The lowest BCUT2D eigenvalue weighted by atomic mass is 9.98. The summed E-state index contributed by atoms with van der Waals surface area (Å²) in [6.07, 6.45) is 3.58. The summed E-state index contributed by atoms with van der Waals surface area (Å²) in [6, 6.07) is 13.6. The van der Waals surface area contributed by atoms with E-state index < -0.39 is 11.9 Å². The smallest absolute Gasteiger partial charge is 0.296 e. The summed E-state index contributed by atoms with van der Waals surface area (Å²) in [4.78, 5) is 33.5. The zero-order chi connectivity index (χ0) is 25.4. The zero-order valence-electron chi connectivity index (χ0n) is 20.2. The number of carbonyl (C=O) groups is 1. The topological polar surface area (TPSA) is 81.9 Å². The van der Waals surface area contributed by atoms with Gasteiger partial charge in [0.2, 0.25) is 5.76 Å². The molecule has 1 amide bonds. The van der Waals surface area contributed by atoms with E-state index in [1.165, 1.54) is 4.90 Å². The van der Waals surface area contributed by atoms with Crippen molar-refractivity contribution in [3.63, 3.8) is 0 Å². The largest absolute Gasteiger partial charge is 0.493 e. The number of anilines is 1. The van der Waals surface area contributed by atoms with E-state index in [-0.39, 0.29) is 16.8 Å². The predicted octanol–water partition coefficient (Wildman–Crippen LogP) is 6.20. The van der Waals surface area contributed by atoms with Gasteiger partial charge in [0.15, 0.2) is 16.9 Å². The van der Waals surface area contributed by atoms with Crippen LogP contribution in [0.4, 0.5) is 5.82 Å². The number of nitrogens with zero attached hydrogens (tertiary/aromatic N) is 2. The summed E-state index contributed by atoms with van der Waals surface area (Å²) < 4.78 is 18.3. The van der Waals surface area contributed by atoms with E-state index in [0.29, 0.717) is 40.5 Å². The number of ether oxygens (including phenoxy) is 2. The number of amides is 1. The van der Waals surface area contributed by atoms with Gasteiger partial charge >= 0.3 is 0 Å². The number of unbranched alkanes of at least 4 members (excludes halogenated alkanes) is 1. The molecule has 1 unspecified atom stereocenters. The number of methoxy groups -OCH3 is 1. The molecule has 0 spiro atoms. The molecule has 0 bridgehead atoms. The number of hydrogen-bond acceptors (Lipinski definition) is 6. The first kappa shape index (κ1) is 24.1. The Balaban J connectivity index is 1.72. The zero-order valence-corrected chi connectivity index (χ0v) is 21.8. The first-order valence-electron chi connectivity index (χ1n) is 11.8. The van der Waals surface area contributed by atoms with Crippen molar-refractivity contribution in [1.29, 1.82) is 0 Å². The van der Waals surface area contributed by atoms with Crippen LogP contribution < -0.4 is 19.8 Å². The fourth-order valence-electron chi connectivity index (χ4n) is 4.45. The maximum absolute atomic E-state index is 13.8. The van der Waals surface area contributed by atoms with Crippen LogP contribution >= 0.6 is 15.9 Å². The predicted molar refractivity (Wildman–Crippen MR) is 141 cm³/mol. The molecule has 5 rings (SSSR count). The van der Waals surface area contributed by atoms with Gasteiger partial charge in [0, 0.05) is 10.7 Å². The summed E-state index contributed by atoms with van der Waals surface area (Å²) in [7, 11) is 1.57. The first-order chi connectivity index (χ1) is 17.4. The molecule has 0 saturated heterocycles. The molecule has 1 aliphatic rings. The van der Waals surface area contributed by atoms with E-state index in [0.717, 1.165) is 22.9 Å². The Morgan fingerprint density at radius 3 is 2.67 bits per heavy atom. The minimum Gasteiger partial charge on any atom is -0.493 e. The summed E-state index contributed by atoms with van der Waals surface area (Å²) in [5.74, 6) is 1.16. The van der Waals surface area contributed by atoms with E-state index in [2.05, 4.69) is 27.8 Å². The Morgan fingerprint density at radius 1 is 1.08 bits per heavy atom. The highest BCUT2D eigenvalue weighted by Gasteiger charge is 2.44. The summed E-state index contributed by atoms with van der Waals surface area (Å²) in [5, 5.41) is 0.395. The Morgan fingerprint density at radius 2 is 1.92 bits per heavy atom.